The average Bonchev–Trinajstić information content (AvgIpc) is 2.13. The molecule has 1 heterocycles. The third-order valence-corrected chi connectivity index (χ3v) is 2.95. The third-order valence-electron chi connectivity index (χ3n) is 1.31. The van der Waals surface area contributed by atoms with Gasteiger partial charge in [-0.15, -0.1) is 0 Å². The van der Waals surface area contributed by atoms with E-state index in [0.29, 0.717) is 0 Å². The van der Waals surface area contributed by atoms with Gasteiger partial charge in [-0.1, -0.05) is 22.6 Å². The maximum absolute atomic E-state index is 5.20. The molecule has 0 bridgehead atoms. The van der Waals surface area contributed by atoms with E-state index in [4.69, 9.17) is 4.74 Å². The van der Waals surface area contributed by atoms with E-state index >= 15 is 0 Å². The van der Waals surface area contributed by atoms with Crippen LogP contribution in [0.4, 0.5) is 0 Å². The van der Waals surface area contributed by atoms with E-state index in [-0.39, 0.29) is 5.54 Å². The Labute approximate surface area is 68.8 Å². The first-order valence-electron chi connectivity index (χ1n) is 2.91. The van der Waals surface area contributed by atoms with Gasteiger partial charge in [0.1, 0.15) is 12.1 Å². The van der Waals surface area contributed by atoms with E-state index in [9.17, 15) is 0 Å². The summed E-state index contributed by atoms with van der Waals surface area (Å²) in [5, 5.41) is 0. The molecule has 0 fully saturated rings. The standard InChI is InChI=1S/C6H10INO/c1-5-8-6(2,3-7)4-9-5/h3-4H2,1-2H3. The van der Waals surface area contributed by atoms with Gasteiger partial charge in [0.2, 0.25) is 0 Å². The van der Waals surface area contributed by atoms with Crippen LogP contribution < -0.4 is 0 Å². The van der Waals surface area contributed by atoms with Gasteiger partial charge in [0.05, 0.1) is 0 Å². The van der Waals surface area contributed by atoms with Crippen molar-refractivity contribution in [3.8, 4) is 0 Å². The SMILES string of the molecule is CC1=NC(C)(CI)CO1. The Morgan fingerprint density at radius 2 is 2.56 bits per heavy atom. The summed E-state index contributed by atoms with van der Waals surface area (Å²) >= 11 is 2.33. The zero-order chi connectivity index (χ0) is 6.91. The molecule has 1 atom stereocenters. The van der Waals surface area contributed by atoms with Crippen LogP contribution in [-0.4, -0.2) is 22.5 Å². The minimum Gasteiger partial charge on any atom is -0.479 e. The average molecular weight is 239 g/mol. The van der Waals surface area contributed by atoms with Crippen molar-refractivity contribution in [2.45, 2.75) is 19.4 Å². The van der Waals surface area contributed by atoms with Gasteiger partial charge in [0, 0.05) is 11.4 Å². The first-order valence-corrected chi connectivity index (χ1v) is 4.44. The smallest absolute Gasteiger partial charge is 0.180 e. The number of hydrogen-bond acceptors (Lipinski definition) is 2. The summed E-state index contributed by atoms with van der Waals surface area (Å²) in [4.78, 5) is 4.33. The molecule has 0 aromatic carbocycles. The van der Waals surface area contributed by atoms with E-state index in [1.165, 1.54) is 0 Å². The van der Waals surface area contributed by atoms with Crippen molar-refractivity contribution in [1.29, 1.82) is 0 Å². The summed E-state index contributed by atoms with van der Waals surface area (Å²) in [5.41, 5.74) is 0.0602. The number of halogens is 1. The molecule has 0 aromatic rings. The zero-order valence-corrected chi connectivity index (χ0v) is 7.81. The van der Waals surface area contributed by atoms with Crippen molar-refractivity contribution in [1.82, 2.24) is 0 Å². The van der Waals surface area contributed by atoms with Crippen molar-refractivity contribution in [3.63, 3.8) is 0 Å². The molecule has 0 saturated carbocycles. The van der Waals surface area contributed by atoms with Crippen LogP contribution in [0.15, 0.2) is 4.99 Å². The Hall–Kier alpha value is 0.200. The van der Waals surface area contributed by atoms with Gasteiger partial charge in [-0.3, -0.25) is 0 Å². The van der Waals surface area contributed by atoms with Crippen LogP contribution in [0, 0.1) is 0 Å². The van der Waals surface area contributed by atoms with Gasteiger partial charge < -0.3 is 4.74 Å². The third kappa shape index (κ3) is 1.56. The maximum Gasteiger partial charge on any atom is 0.180 e. The van der Waals surface area contributed by atoms with Crippen molar-refractivity contribution < 1.29 is 4.74 Å². The predicted molar refractivity (Wildman–Crippen MR) is 46.4 cm³/mol. The Morgan fingerprint density at radius 3 is 2.78 bits per heavy atom. The number of hydrogen-bond donors (Lipinski definition) is 0. The van der Waals surface area contributed by atoms with Crippen LogP contribution in [-0.2, 0) is 4.74 Å². The highest BCUT2D eigenvalue weighted by Crippen LogP contribution is 2.20. The lowest BCUT2D eigenvalue weighted by Gasteiger charge is -2.12. The highest BCUT2D eigenvalue weighted by atomic mass is 127. The molecule has 0 radical (unpaired) electrons. The van der Waals surface area contributed by atoms with E-state index in [1.807, 2.05) is 6.92 Å². The Morgan fingerprint density at radius 1 is 1.89 bits per heavy atom. The number of nitrogens with zero attached hydrogens (tertiary/aromatic N) is 1. The van der Waals surface area contributed by atoms with Crippen LogP contribution in [0.25, 0.3) is 0 Å². The molecule has 0 aromatic heterocycles. The second-order valence-corrected chi connectivity index (χ2v) is 3.31. The molecule has 9 heavy (non-hydrogen) atoms. The number of alkyl halides is 1. The first-order chi connectivity index (χ1) is 4.16. The zero-order valence-electron chi connectivity index (χ0n) is 5.65. The van der Waals surface area contributed by atoms with Gasteiger partial charge in [0.25, 0.3) is 0 Å². The highest BCUT2D eigenvalue weighted by Gasteiger charge is 2.28. The molecule has 3 heteroatoms. The molecule has 1 aliphatic rings. The molecule has 1 unspecified atom stereocenters. The molecular formula is C6H10INO. The molecule has 52 valence electrons. The summed E-state index contributed by atoms with van der Waals surface area (Å²) in [6.45, 7) is 4.76. The number of ether oxygens (including phenoxy) is 1. The van der Waals surface area contributed by atoms with Crippen molar-refractivity contribution in [2.24, 2.45) is 4.99 Å². The molecular weight excluding hydrogens is 229 g/mol. The lowest BCUT2D eigenvalue weighted by atomic mass is 10.1. The van der Waals surface area contributed by atoms with Crippen LogP contribution in [0.1, 0.15) is 13.8 Å². The number of rotatable bonds is 1. The minimum atomic E-state index is 0.0602. The van der Waals surface area contributed by atoms with E-state index in [0.717, 1.165) is 16.9 Å². The molecule has 0 amide bonds. The first kappa shape index (κ1) is 7.31. The molecule has 0 spiro atoms. The van der Waals surface area contributed by atoms with Crippen molar-refractivity contribution >= 4 is 28.5 Å². The monoisotopic (exact) mass is 239 g/mol. The fraction of sp³-hybridized carbons (Fsp3) is 0.833. The van der Waals surface area contributed by atoms with Gasteiger partial charge in [-0.05, 0) is 6.92 Å². The second-order valence-electron chi connectivity index (χ2n) is 2.55. The molecule has 1 rings (SSSR count). The summed E-state index contributed by atoms with van der Waals surface area (Å²) in [5.74, 6) is 0.828. The van der Waals surface area contributed by atoms with Gasteiger partial charge >= 0.3 is 0 Å². The molecule has 2 nitrogen and oxygen atoms in total. The fourth-order valence-electron chi connectivity index (χ4n) is 0.773. The van der Waals surface area contributed by atoms with E-state index in [1.54, 1.807) is 0 Å². The second kappa shape index (κ2) is 2.44. The predicted octanol–water partition coefficient (Wildman–Crippen LogP) is 1.63. The summed E-state index contributed by atoms with van der Waals surface area (Å²) in [7, 11) is 0. The topological polar surface area (TPSA) is 21.6 Å². The Bertz CT molecular complexity index is 146. The van der Waals surface area contributed by atoms with Gasteiger partial charge in [-0.2, -0.15) is 0 Å². The molecule has 0 aliphatic carbocycles. The van der Waals surface area contributed by atoms with E-state index in [2.05, 4.69) is 34.5 Å². The summed E-state index contributed by atoms with van der Waals surface area (Å²) in [6.07, 6.45) is 0. The largest absolute Gasteiger partial charge is 0.479 e. The van der Waals surface area contributed by atoms with E-state index < -0.39 is 0 Å². The molecule has 1 aliphatic heterocycles. The highest BCUT2D eigenvalue weighted by molar-refractivity contribution is 14.1. The van der Waals surface area contributed by atoms with Crippen LogP contribution >= 0.6 is 22.6 Å². The fourth-order valence-corrected chi connectivity index (χ4v) is 1.16. The number of aliphatic imine (C=N–C) groups is 1. The lowest BCUT2D eigenvalue weighted by Crippen LogP contribution is -2.25. The quantitative estimate of drug-likeness (QED) is 0.503. The summed E-state index contributed by atoms with van der Waals surface area (Å²) in [6, 6.07) is 0. The van der Waals surface area contributed by atoms with Crippen LogP contribution in [0.2, 0.25) is 0 Å². The van der Waals surface area contributed by atoms with Gasteiger partial charge in [-0.25, -0.2) is 4.99 Å². The molecule has 0 N–H and O–H groups in total. The van der Waals surface area contributed by atoms with Crippen molar-refractivity contribution in [3.05, 3.63) is 0 Å². The van der Waals surface area contributed by atoms with Gasteiger partial charge in [0.15, 0.2) is 5.90 Å². The Balaban J connectivity index is 2.64. The summed E-state index contributed by atoms with van der Waals surface area (Å²) < 4.78 is 6.23. The molecule has 0 saturated heterocycles. The normalized spacial score (nSPS) is 33.9. The van der Waals surface area contributed by atoms with Crippen LogP contribution in [0.5, 0.6) is 0 Å². The van der Waals surface area contributed by atoms with Crippen LogP contribution in [0.3, 0.4) is 0 Å². The van der Waals surface area contributed by atoms with Crippen molar-refractivity contribution in [2.75, 3.05) is 11.0 Å². The lowest BCUT2D eigenvalue weighted by molar-refractivity contribution is 0.282. The minimum absolute atomic E-state index is 0.0602. The Kier molecular flexibility index (Phi) is 1.98. The maximum atomic E-state index is 5.20.